The summed E-state index contributed by atoms with van der Waals surface area (Å²) in [5.74, 6) is -3.54. The molecule has 1 aliphatic heterocycles. The van der Waals surface area contributed by atoms with Gasteiger partial charge in [-0.15, -0.1) is 0 Å². The first-order chi connectivity index (χ1) is 14.1. The molecule has 30 heavy (non-hydrogen) atoms. The van der Waals surface area contributed by atoms with Gasteiger partial charge < -0.3 is 0 Å². The number of hydroxylamine groups is 4. The van der Waals surface area contributed by atoms with Crippen LogP contribution in [-0.4, -0.2) is 58.7 Å². The Bertz CT molecular complexity index is 854. The number of quaternary nitrogens is 1. The summed E-state index contributed by atoms with van der Waals surface area (Å²) in [7, 11) is 0. The van der Waals surface area contributed by atoms with Gasteiger partial charge in [0.25, 0.3) is 0 Å². The zero-order chi connectivity index (χ0) is 22.7. The van der Waals surface area contributed by atoms with Crippen LogP contribution < -0.4 is 3.58 Å². The van der Waals surface area contributed by atoms with Gasteiger partial charge in [0.15, 0.2) is 0 Å². The molecular weight excluding hydrogens is 510 g/mol. The van der Waals surface area contributed by atoms with Crippen LogP contribution in [0.4, 0.5) is 13.2 Å². The van der Waals surface area contributed by atoms with Crippen LogP contribution in [-0.2, 0) is 14.4 Å². The minimum absolute atomic E-state index is 0.269. The van der Waals surface area contributed by atoms with Gasteiger partial charge in [-0.05, 0) is 0 Å². The molecule has 0 bridgehead atoms. The first kappa shape index (κ1) is 24.0. The van der Waals surface area contributed by atoms with E-state index in [4.69, 9.17) is 4.84 Å². The molecular formula is C20H21F3NO5Sn+. The summed E-state index contributed by atoms with van der Waals surface area (Å²) in [6, 6.07) is 4.98. The molecule has 1 aliphatic rings. The van der Waals surface area contributed by atoms with E-state index in [1.165, 1.54) is 18.2 Å². The van der Waals surface area contributed by atoms with Crippen LogP contribution in [0.1, 0.15) is 23.2 Å². The Morgan fingerprint density at radius 2 is 1.43 bits per heavy atom. The summed E-state index contributed by atoms with van der Waals surface area (Å²) < 4.78 is 38.8. The van der Waals surface area contributed by atoms with E-state index in [1.807, 2.05) is 0 Å². The molecule has 3 atom stereocenters. The normalized spacial score (nSPS) is 20.5. The Labute approximate surface area is 175 Å². The van der Waals surface area contributed by atoms with Crippen LogP contribution in [0.25, 0.3) is 0 Å². The molecule has 6 nitrogen and oxygen atoms in total. The Balaban J connectivity index is 2.69. The van der Waals surface area contributed by atoms with Crippen LogP contribution in [0.5, 0.6) is 0 Å². The number of hydrogen-bond donors (Lipinski definition) is 1. The molecule has 0 aromatic heterocycles. The third kappa shape index (κ3) is 3.77. The molecule has 2 rings (SSSR count). The quantitative estimate of drug-likeness (QED) is 0.174. The van der Waals surface area contributed by atoms with E-state index >= 15 is 13.2 Å². The SMILES string of the molecule is C=C[CH](F)[Sn]([c]1ccccc1C(=O)O[N+]1(O)C(=O)CCC1=O)([CH](F)C=C)[CH](F)C=C. The first-order valence-electron chi connectivity index (χ1n) is 8.93. The number of carbonyl (C=O) groups excluding carboxylic acids is 3. The van der Waals surface area contributed by atoms with E-state index < -0.39 is 59.1 Å². The van der Waals surface area contributed by atoms with Gasteiger partial charge in [-0.3, -0.25) is 0 Å². The van der Waals surface area contributed by atoms with Crippen LogP contribution in [0.2, 0.25) is 0 Å². The average molecular weight is 531 g/mol. The molecule has 1 aromatic rings. The molecule has 0 aliphatic carbocycles. The Hall–Kier alpha value is -2.24. The Morgan fingerprint density at radius 3 is 1.87 bits per heavy atom. The van der Waals surface area contributed by atoms with Gasteiger partial charge in [0, 0.05) is 0 Å². The fourth-order valence-corrected chi connectivity index (χ4v) is 14.9. The molecule has 2 amide bonds. The van der Waals surface area contributed by atoms with Crippen LogP contribution >= 0.6 is 0 Å². The molecule has 1 fully saturated rings. The summed E-state index contributed by atoms with van der Waals surface area (Å²) in [5, 5.41) is 10.2. The van der Waals surface area contributed by atoms with Gasteiger partial charge in [-0.1, -0.05) is 0 Å². The zero-order valence-electron chi connectivity index (χ0n) is 16.0. The Morgan fingerprint density at radius 1 is 1.00 bits per heavy atom. The van der Waals surface area contributed by atoms with Crippen molar-refractivity contribution in [2.75, 3.05) is 0 Å². The molecule has 1 heterocycles. The summed E-state index contributed by atoms with van der Waals surface area (Å²) in [5.41, 5.74) is -0.467. The molecule has 1 N–H and O–H groups in total. The molecule has 10 heteroatoms. The summed E-state index contributed by atoms with van der Waals surface area (Å²) in [4.78, 5) is 39.0. The van der Waals surface area contributed by atoms with Crippen molar-refractivity contribution >= 4 is 39.7 Å². The molecule has 0 radical (unpaired) electrons. The third-order valence-corrected chi connectivity index (χ3v) is 18.8. The molecule has 1 saturated heterocycles. The molecule has 3 unspecified atom stereocenters. The van der Waals surface area contributed by atoms with E-state index in [2.05, 4.69) is 19.7 Å². The summed E-state index contributed by atoms with van der Waals surface area (Å²) >= 11 is -5.62. The monoisotopic (exact) mass is 532 g/mol. The van der Waals surface area contributed by atoms with Crippen molar-refractivity contribution in [1.29, 1.82) is 0 Å². The average Bonchev–Trinajstić information content (AvgIpc) is 3.00. The van der Waals surface area contributed by atoms with Gasteiger partial charge in [0.2, 0.25) is 0 Å². The number of carbonyl (C=O) groups is 3. The van der Waals surface area contributed by atoms with E-state index in [0.29, 0.717) is 0 Å². The molecule has 0 spiro atoms. The number of benzene rings is 1. The number of rotatable bonds is 9. The maximum absolute atomic E-state index is 15.1. The zero-order valence-corrected chi connectivity index (χ0v) is 18.8. The molecule has 160 valence electrons. The fraction of sp³-hybridized carbons (Fsp3) is 0.250. The first-order valence-corrected chi connectivity index (χ1v) is 15.3. The van der Waals surface area contributed by atoms with Gasteiger partial charge >= 0.3 is 175 Å². The molecule has 0 saturated carbocycles. The van der Waals surface area contributed by atoms with E-state index in [-0.39, 0.29) is 16.4 Å². The maximum atomic E-state index is 15.1. The third-order valence-electron chi connectivity index (χ3n) is 5.05. The van der Waals surface area contributed by atoms with Crippen molar-refractivity contribution < 1.29 is 42.4 Å². The summed E-state index contributed by atoms with van der Waals surface area (Å²) in [6.45, 7) is 9.90. The van der Waals surface area contributed by atoms with Crippen molar-refractivity contribution in [2.24, 2.45) is 0 Å². The second-order valence-corrected chi connectivity index (χ2v) is 18.2. The van der Waals surface area contributed by atoms with Gasteiger partial charge in [-0.2, -0.15) is 0 Å². The number of nitrogens with zero attached hydrogens (tertiary/aromatic N) is 1. The topological polar surface area (TPSA) is 80.7 Å². The van der Waals surface area contributed by atoms with Crippen molar-refractivity contribution in [3.63, 3.8) is 0 Å². The predicted octanol–water partition coefficient (Wildman–Crippen LogP) is 2.66. The number of imide groups is 1. The number of amides is 2. The number of hydrogen-bond acceptors (Lipinski definition) is 5. The van der Waals surface area contributed by atoms with Crippen LogP contribution in [0.3, 0.4) is 0 Å². The van der Waals surface area contributed by atoms with Gasteiger partial charge in [-0.25, -0.2) is 0 Å². The molecule has 1 aromatic carbocycles. The summed E-state index contributed by atoms with van der Waals surface area (Å²) in [6.07, 6.45) is 1.60. The van der Waals surface area contributed by atoms with E-state index in [9.17, 15) is 19.6 Å². The predicted molar refractivity (Wildman–Crippen MR) is 104 cm³/mol. The van der Waals surface area contributed by atoms with Crippen molar-refractivity contribution in [1.82, 2.24) is 0 Å². The number of halogens is 3. The second kappa shape index (κ2) is 9.27. The van der Waals surface area contributed by atoms with Crippen molar-refractivity contribution in [3.05, 3.63) is 67.8 Å². The number of allylic oxidation sites excluding steroid dienone is 3. The minimum atomic E-state index is -5.62. The van der Waals surface area contributed by atoms with Gasteiger partial charge in [0.05, 0.1) is 0 Å². The standard InChI is InChI=1S/C11H9NO5.3C3H4F.Sn/c13-9-6-7-10(14)12(9,16)17-11(15)8-4-2-1-3-5-8;3*1-2-3-4;/h1-4,16H,6-7H2;3*2-3H,1H2;/q+1;;;;. The van der Waals surface area contributed by atoms with E-state index in [0.717, 1.165) is 24.3 Å². The van der Waals surface area contributed by atoms with Crippen LogP contribution in [0, 0.1) is 0 Å². The van der Waals surface area contributed by atoms with Crippen molar-refractivity contribution in [3.8, 4) is 0 Å². The van der Waals surface area contributed by atoms with Crippen molar-refractivity contribution in [2.45, 2.75) is 25.4 Å². The van der Waals surface area contributed by atoms with Gasteiger partial charge in [0.1, 0.15) is 0 Å². The Kier molecular flexibility index (Phi) is 7.43. The number of alkyl halides is 3. The second-order valence-electron chi connectivity index (χ2n) is 6.63. The fourth-order valence-electron chi connectivity index (χ4n) is 3.45. The van der Waals surface area contributed by atoms with Crippen LogP contribution in [0.15, 0.2) is 62.2 Å². The van der Waals surface area contributed by atoms with E-state index in [1.54, 1.807) is 0 Å².